The topological polar surface area (TPSA) is 60.2 Å². The molecule has 0 bridgehead atoms. The molecule has 0 amide bonds. The van der Waals surface area contributed by atoms with Gasteiger partial charge in [-0.1, -0.05) is 13.8 Å². The van der Waals surface area contributed by atoms with Gasteiger partial charge >= 0.3 is 0 Å². The molecule has 0 saturated heterocycles. The van der Waals surface area contributed by atoms with Crippen molar-refractivity contribution in [2.75, 3.05) is 20.2 Å². The van der Waals surface area contributed by atoms with Crippen LogP contribution < -0.4 is 15.8 Å². The Kier molecular flexibility index (Phi) is 5.94. The number of hydrogen-bond donors (Lipinski definition) is 2. The summed E-state index contributed by atoms with van der Waals surface area (Å²) in [5.74, 6) is 1.79. The summed E-state index contributed by atoms with van der Waals surface area (Å²) >= 11 is 0. The summed E-state index contributed by atoms with van der Waals surface area (Å²) in [5.41, 5.74) is 6.91. The zero-order chi connectivity index (χ0) is 12.7. The Balaban J connectivity index is 2.39. The normalized spacial score (nSPS) is 12.8. The van der Waals surface area contributed by atoms with Gasteiger partial charge in [0, 0.05) is 18.8 Å². The Bertz CT molecular complexity index is 328. The molecule has 0 fully saturated rings. The highest BCUT2D eigenvalue weighted by Crippen LogP contribution is 2.10. The first-order valence-corrected chi connectivity index (χ1v) is 6.07. The van der Waals surface area contributed by atoms with E-state index in [4.69, 9.17) is 10.5 Å². The Hall–Kier alpha value is -1.13. The largest absolute Gasteiger partial charge is 0.481 e. The number of aromatic nitrogens is 1. The Morgan fingerprint density at radius 3 is 2.82 bits per heavy atom. The third-order valence-corrected chi connectivity index (χ3v) is 2.99. The van der Waals surface area contributed by atoms with E-state index < -0.39 is 0 Å². The molecule has 3 N–H and O–H groups in total. The van der Waals surface area contributed by atoms with Crippen molar-refractivity contribution in [3.05, 3.63) is 23.9 Å². The molecule has 4 heteroatoms. The van der Waals surface area contributed by atoms with E-state index in [0.29, 0.717) is 17.7 Å². The van der Waals surface area contributed by atoms with Crippen LogP contribution in [0.5, 0.6) is 5.88 Å². The van der Waals surface area contributed by atoms with E-state index >= 15 is 0 Å². The molecule has 0 radical (unpaired) electrons. The summed E-state index contributed by atoms with van der Waals surface area (Å²) in [7, 11) is 1.63. The van der Waals surface area contributed by atoms with Gasteiger partial charge in [0.2, 0.25) is 5.88 Å². The Morgan fingerprint density at radius 2 is 2.24 bits per heavy atom. The van der Waals surface area contributed by atoms with Crippen LogP contribution in [-0.2, 0) is 6.54 Å². The molecule has 0 spiro atoms. The minimum atomic E-state index is 0.527. The van der Waals surface area contributed by atoms with Crippen LogP contribution in [0, 0.1) is 11.8 Å². The van der Waals surface area contributed by atoms with Crippen LogP contribution in [0.15, 0.2) is 18.3 Å². The van der Waals surface area contributed by atoms with Crippen molar-refractivity contribution < 1.29 is 4.74 Å². The fourth-order valence-electron chi connectivity index (χ4n) is 1.67. The van der Waals surface area contributed by atoms with Crippen molar-refractivity contribution in [2.24, 2.45) is 17.6 Å². The lowest BCUT2D eigenvalue weighted by Crippen LogP contribution is -2.31. The van der Waals surface area contributed by atoms with Crippen LogP contribution in [0.4, 0.5) is 0 Å². The average Bonchev–Trinajstić information content (AvgIpc) is 2.34. The Labute approximate surface area is 104 Å². The van der Waals surface area contributed by atoms with Crippen molar-refractivity contribution in [1.82, 2.24) is 10.3 Å². The highest BCUT2D eigenvalue weighted by molar-refractivity contribution is 5.20. The zero-order valence-electron chi connectivity index (χ0n) is 10.9. The van der Waals surface area contributed by atoms with Gasteiger partial charge in [-0.15, -0.1) is 0 Å². The quantitative estimate of drug-likeness (QED) is 0.753. The maximum absolute atomic E-state index is 5.73. The summed E-state index contributed by atoms with van der Waals surface area (Å²) in [4.78, 5) is 4.08. The molecular weight excluding hydrogens is 214 g/mol. The van der Waals surface area contributed by atoms with Crippen LogP contribution >= 0.6 is 0 Å². The number of methoxy groups -OCH3 is 1. The van der Waals surface area contributed by atoms with Gasteiger partial charge in [0.1, 0.15) is 0 Å². The van der Waals surface area contributed by atoms with Crippen molar-refractivity contribution in [1.29, 1.82) is 0 Å². The minimum Gasteiger partial charge on any atom is -0.481 e. The van der Waals surface area contributed by atoms with Crippen LogP contribution in [-0.4, -0.2) is 25.2 Å². The van der Waals surface area contributed by atoms with Crippen LogP contribution in [0.2, 0.25) is 0 Å². The smallest absolute Gasteiger partial charge is 0.213 e. The molecule has 1 rings (SSSR count). The maximum Gasteiger partial charge on any atom is 0.213 e. The molecule has 17 heavy (non-hydrogen) atoms. The molecule has 0 aliphatic carbocycles. The summed E-state index contributed by atoms with van der Waals surface area (Å²) in [6.07, 6.45) is 1.76. The van der Waals surface area contributed by atoms with Gasteiger partial charge in [-0.3, -0.25) is 0 Å². The van der Waals surface area contributed by atoms with E-state index in [-0.39, 0.29) is 0 Å². The van der Waals surface area contributed by atoms with Gasteiger partial charge < -0.3 is 15.8 Å². The summed E-state index contributed by atoms with van der Waals surface area (Å²) in [6, 6.07) is 3.93. The third kappa shape index (κ3) is 4.71. The number of nitrogens with two attached hydrogens (primary N) is 1. The van der Waals surface area contributed by atoms with E-state index in [1.807, 2.05) is 12.1 Å². The molecule has 1 aromatic rings. The first kappa shape index (κ1) is 13.9. The SMILES string of the molecule is COc1cc(CNCC(CN)C(C)C)ccn1. The average molecular weight is 237 g/mol. The fourth-order valence-corrected chi connectivity index (χ4v) is 1.67. The van der Waals surface area contributed by atoms with E-state index in [9.17, 15) is 0 Å². The van der Waals surface area contributed by atoms with Gasteiger partial charge in [-0.05, 0) is 36.6 Å². The molecule has 1 heterocycles. The van der Waals surface area contributed by atoms with E-state index in [1.54, 1.807) is 13.3 Å². The standard InChI is InChI=1S/C13H23N3O/c1-10(2)12(7-14)9-15-8-11-4-5-16-13(6-11)17-3/h4-6,10,12,15H,7-9,14H2,1-3H3. The van der Waals surface area contributed by atoms with Crippen LogP contribution in [0.25, 0.3) is 0 Å². The molecule has 0 aliphatic heterocycles. The first-order chi connectivity index (χ1) is 8.17. The van der Waals surface area contributed by atoms with Gasteiger partial charge in [-0.2, -0.15) is 0 Å². The van der Waals surface area contributed by atoms with Crippen molar-refractivity contribution in [3.63, 3.8) is 0 Å². The van der Waals surface area contributed by atoms with E-state index in [1.165, 1.54) is 5.56 Å². The molecule has 0 aromatic carbocycles. The lowest BCUT2D eigenvalue weighted by atomic mass is 9.96. The van der Waals surface area contributed by atoms with Crippen molar-refractivity contribution in [2.45, 2.75) is 20.4 Å². The molecular formula is C13H23N3O. The minimum absolute atomic E-state index is 0.527. The molecule has 1 atom stereocenters. The second-order valence-electron chi connectivity index (χ2n) is 4.58. The predicted octanol–water partition coefficient (Wildman–Crippen LogP) is 1.41. The van der Waals surface area contributed by atoms with Crippen LogP contribution in [0.1, 0.15) is 19.4 Å². The molecule has 96 valence electrons. The molecule has 4 nitrogen and oxygen atoms in total. The first-order valence-electron chi connectivity index (χ1n) is 6.07. The second kappa shape index (κ2) is 7.25. The monoisotopic (exact) mass is 237 g/mol. The number of nitrogens with zero attached hydrogens (tertiary/aromatic N) is 1. The zero-order valence-corrected chi connectivity index (χ0v) is 10.9. The lowest BCUT2D eigenvalue weighted by Gasteiger charge is -2.19. The number of hydrogen-bond acceptors (Lipinski definition) is 4. The molecule has 1 unspecified atom stereocenters. The number of nitrogens with one attached hydrogen (secondary N) is 1. The van der Waals surface area contributed by atoms with Gasteiger partial charge in [0.05, 0.1) is 7.11 Å². The number of pyridine rings is 1. The number of rotatable bonds is 7. The summed E-state index contributed by atoms with van der Waals surface area (Å²) < 4.78 is 5.08. The fraction of sp³-hybridized carbons (Fsp3) is 0.615. The third-order valence-electron chi connectivity index (χ3n) is 2.99. The predicted molar refractivity (Wildman–Crippen MR) is 69.9 cm³/mol. The van der Waals surface area contributed by atoms with Gasteiger partial charge in [0.15, 0.2) is 0 Å². The number of ether oxygens (including phenoxy) is 1. The van der Waals surface area contributed by atoms with E-state index in [0.717, 1.165) is 19.6 Å². The summed E-state index contributed by atoms with van der Waals surface area (Å²) in [6.45, 7) is 6.90. The summed E-state index contributed by atoms with van der Waals surface area (Å²) in [5, 5.41) is 3.42. The second-order valence-corrected chi connectivity index (χ2v) is 4.58. The van der Waals surface area contributed by atoms with Crippen molar-refractivity contribution >= 4 is 0 Å². The molecule has 0 aliphatic rings. The van der Waals surface area contributed by atoms with Gasteiger partial charge in [0.25, 0.3) is 0 Å². The molecule has 0 saturated carbocycles. The van der Waals surface area contributed by atoms with Crippen LogP contribution in [0.3, 0.4) is 0 Å². The Morgan fingerprint density at radius 1 is 1.47 bits per heavy atom. The molecule has 1 aromatic heterocycles. The van der Waals surface area contributed by atoms with E-state index in [2.05, 4.69) is 24.1 Å². The lowest BCUT2D eigenvalue weighted by molar-refractivity contribution is 0.370. The van der Waals surface area contributed by atoms with Crippen molar-refractivity contribution in [3.8, 4) is 5.88 Å². The maximum atomic E-state index is 5.73. The van der Waals surface area contributed by atoms with Gasteiger partial charge in [-0.25, -0.2) is 4.98 Å². The highest BCUT2D eigenvalue weighted by atomic mass is 16.5. The highest BCUT2D eigenvalue weighted by Gasteiger charge is 2.10.